The largest absolute Gasteiger partial charge is 0.312 e. The summed E-state index contributed by atoms with van der Waals surface area (Å²) in [4.78, 5) is 14.0. The molecule has 2 aliphatic rings. The molecule has 1 atom stereocenters. The summed E-state index contributed by atoms with van der Waals surface area (Å²) < 4.78 is 29.1. The van der Waals surface area contributed by atoms with Crippen LogP contribution in [-0.4, -0.2) is 20.9 Å². The normalized spacial score (nSPS) is 17.8. The molecule has 1 amide bonds. The Morgan fingerprint density at radius 3 is 2.43 bits per heavy atom. The van der Waals surface area contributed by atoms with Crippen molar-refractivity contribution in [2.75, 3.05) is 11.4 Å². The van der Waals surface area contributed by atoms with Gasteiger partial charge in [0.15, 0.2) is 0 Å². The van der Waals surface area contributed by atoms with Crippen LogP contribution in [0.4, 0.5) is 5.69 Å². The van der Waals surface area contributed by atoms with Gasteiger partial charge in [0.05, 0.1) is 4.90 Å². The zero-order valence-electron chi connectivity index (χ0n) is 17.8. The van der Waals surface area contributed by atoms with Crippen LogP contribution in [0.15, 0.2) is 41.3 Å². The summed E-state index contributed by atoms with van der Waals surface area (Å²) in [7, 11) is -3.67. The van der Waals surface area contributed by atoms with Crippen LogP contribution in [0.3, 0.4) is 0 Å². The second-order valence-electron chi connectivity index (χ2n) is 8.41. The van der Waals surface area contributed by atoms with E-state index in [1.54, 1.807) is 23.1 Å². The molecule has 160 valence electrons. The quantitative estimate of drug-likeness (QED) is 0.743. The maximum absolute atomic E-state index is 13.1. The van der Waals surface area contributed by atoms with Crippen LogP contribution in [-0.2, 0) is 27.7 Å². The molecule has 1 saturated heterocycles. The highest BCUT2D eigenvalue weighted by molar-refractivity contribution is 7.89. The molecule has 2 aromatic rings. The minimum Gasteiger partial charge on any atom is -0.312 e. The molecule has 1 unspecified atom stereocenters. The first-order chi connectivity index (χ1) is 14.4. The van der Waals surface area contributed by atoms with Crippen molar-refractivity contribution < 1.29 is 13.2 Å². The molecule has 4 rings (SSSR count). The second-order valence-corrected chi connectivity index (χ2v) is 10.1. The maximum Gasteiger partial charge on any atom is 0.241 e. The van der Waals surface area contributed by atoms with E-state index in [4.69, 9.17) is 0 Å². The number of aryl methyl sites for hydroxylation is 3. The molecule has 5 nitrogen and oxygen atoms in total. The standard InChI is InChI=1S/C24H30N2O3S/c1-3-22(20-11-10-18-7-4-5-8-19(18)16-20)25-30(28,29)21-12-13-23(17(2)15-21)26-14-6-9-24(26)27/h10-13,15-16,22,25H,3-9,14H2,1-2H3. The first-order valence-corrected chi connectivity index (χ1v) is 12.4. The van der Waals surface area contributed by atoms with Gasteiger partial charge in [-0.05, 0) is 85.9 Å². The van der Waals surface area contributed by atoms with Crippen molar-refractivity contribution in [1.82, 2.24) is 4.72 Å². The van der Waals surface area contributed by atoms with Crippen LogP contribution in [0.2, 0.25) is 0 Å². The number of sulfonamides is 1. The van der Waals surface area contributed by atoms with E-state index in [9.17, 15) is 13.2 Å². The van der Waals surface area contributed by atoms with E-state index in [0.29, 0.717) is 19.4 Å². The van der Waals surface area contributed by atoms with Crippen molar-refractivity contribution >= 4 is 21.6 Å². The van der Waals surface area contributed by atoms with E-state index in [0.717, 1.165) is 36.1 Å². The monoisotopic (exact) mass is 426 g/mol. The van der Waals surface area contributed by atoms with Gasteiger partial charge in [0.1, 0.15) is 0 Å². The van der Waals surface area contributed by atoms with Crippen molar-refractivity contribution in [1.29, 1.82) is 0 Å². The molecule has 1 aliphatic heterocycles. The Kier molecular flexibility index (Phi) is 5.98. The SMILES string of the molecule is CCC(NS(=O)(=O)c1ccc(N2CCCC2=O)c(C)c1)c1ccc2c(c1)CCCC2. The molecule has 2 aromatic carbocycles. The Labute approximate surface area is 179 Å². The highest BCUT2D eigenvalue weighted by Gasteiger charge is 2.26. The van der Waals surface area contributed by atoms with E-state index in [-0.39, 0.29) is 16.8 Å². The molecule has 0 saturated carbocycles. The molecular formula is C24H30N2O3S. The minimum absolute atomic E-state index is 0.102. The molecule has 1 fully saturated rings. The van der Waals surface area contributed by atoms with Crippen LogP contribution in [0.5, 0.6) is 0 Å². The predicted molar refractivity (Wildman–Crippen MR) is 119 cm³/mol. The van der Waals surface area contributed by atoms with Gasteiger partial charge in [0, 0.05) is 24.7 Å². The number of carbonyl (C=O) groups is 1. The Bertz CT molecular complexity index is 1060. The number of benzene rings is 2. The molecule has 0 spiro atoms. The lowest BCUT2D eigenvalue weighted by molar-refractivity contribution is -0.117. The third-order valence-electron chi connectivity index (χ3n) is 6.32. The summed E-state index contributed by atoms with van der Waals surface area (Å²) in [5.74, 6) is 0.102. The summed E-state index contributed by atoms with van der Waals surface area (Å²) in [5, 5.41) is 0. The smallest absolute Gasteiger partial charge is 0.241 e. The summed E-state index contributed by atoms with van der Waals surface area (Å²) in [6.07, 6.45) is 6.69. The van der Waals surface area contributed by atoms with E-state index < -0.39 is 10.0 Å². The van der Waals surface area contributed by atoms with Gasteiger partial charge >= 0.3 is 0 Å². The van der Waals surface area contributed by atoms with E-state index in [1.807, 2.05) is 13.8 Å². The molecule has 0 aromatic heterocycles. The summed E-state index contributed by atoms with van der Waals surface area (Å²) in [6.45, 7) is 4.56. The van der Waals surface area contributed by atoms with Gasteiger partial charge in [0.25, 0.3) is 0 Å². The second kappa shape index (κ2) is 8.52. The first kappa shape index (κ1) is 21.1. The van der Waals surface area contributed by atoms with Gasteiger partial charge in [-0.1, -0.05) is 25.1 Å². The van der Waals surface area contributed by atoms with Gasteiger partial charge in [-0.15, -0.1) is 0 Å². The Balaban J connectivity index is 1.57. The van der Waals surface area contributed by atoms with Gasteiger partial charge in [-0.25, -0.2) is 13.1 Å². The predicted octanol–water partition coefficient (Wildman–Crippen LogP) is 4.43. The summed E-state index contributed by atoms with van der Waals surface area (Å²) >= 11 is 0. The van der Waals surface area contributed by atoms with Gasteiger partial charge in [-0.2, -0.15) is 0 Å². The zero-order valence-corrected chi connectivity index (χ0v) is 18.6. The fourth-order valence-corrected chi connectivity index (χ4v) is 6.01. The Morgan fingerprint density at radius 2 is 1.77 bits per heavy atom. The fourth-order valence-electron chi connectivity index (χ4n) is 4.61. The lowest BCUT2D eigenvalue weighted by atomic mass is 9.89. The van der Waals surface area contributed by atoms with Gasteiger partial charge < -0.3 is 4.90 Å². The average Bonchev–Trinajstić information content (AvgIpc) is 3.17. The van der Waals surface area contributed by atoms with Crippen LogP contribution < -0.4 is 9.62 Å². The number of nitrogens with one attached hydrogen (secondary N) is 1. The lowest BCUT2D eigenvalue weighted by Gasteiger charge is -2.22. The summed E-state index contributed by atoms with van der Waals surface area (Å²) in [5.41, 5.74) is 5.38. The zero-order chi connectivity index (χ0) is 21.3. The topological polar surface area (TPSA) is 66.5 Å². The molecule has 30 heavy (non-hydrogen) atoms. The van der Waals surface area contributed by atoms with Gasteiger partial charge in [0.2, 0.25) is 15.9 Å². The molecule has 1 N–H and O–H groups in total. The van der Waals surface area contributed by atoms with Crippen molar-refractivity contribution in [3.63, 3.8) is 0 Å². The van der Waals surface area contributed by atoms with Crippen molar-refractivity contribution in [2.24, 2.45) is 0 Å². The molecular weight excluding hydrogens is 396 g/mol. The van der Waals surface area contributed by atoms with Gasteiger partial charge in [-0.3, -0.25) is 4.79 Å². The van der Waals surface area contributed by atoms with E-state index in [2.05, 4.69) is 22.9 Å². The molecule has 1 heterocycles. The van der Waals surface area contributed by atoms with Crippen molar-refractivity contribution in [3.05, 3.63) is 58.7 Å². The third-order valence-corrected chi connectivity index (χ3v) is 7.79. The Morgan fingerprint density at radius 1 is 1.00 bits per heavy atom. The number of fused-ring (bicyclic) bond motifs is 1. The van der Waals surface area contributed by atoms with E-state index in [1.165, 1.54) is 24.0 Å². The van der Waals surface area contributed by atoms with Crippen molar-refractivity contribution in [3.8, 4) is 0 Å². The number of anilines is 1. The number of carbonyl (C=O) groups excluding carboxylic acids is 1. The molecule has 1 aliphatic carbocycles. The van der Waals surface area contributed by atoms with Crippen LogP contribution in [0, 0.1) is 6.92 Å². The molecule has 0 bridgehead atoms. The van der Waals surface area contributed by atoms with Crippen LogP contribution in [0.1, 0.15) is 67.3 Å². The van der Waals surface area contributed by atoms with E-state index >= 15 is 0 Å². The number of rotatable bonds is 6. The fraction of sp³-hybridized carbons (Fsp3) is 0.458. The Hall–Kier alpha value is -2.18. The summed E-state index contributed by atoms with van der Waals surface area (Å²) in [6, 6.07) is 11.2. The molecule has 0 radical (unpaired) electrons. The number of hydrogen-bond donors (Lipinski definition) is 1. The van der Waals surface area contributed by atoms with Crippen LogP contribution >= 0.6 is 0 Å². The minimum atomic E-state index is -3.67. The number of amides is 1. The number of hydrogen-bond acceptors (Lipinski definition) is 3. The highest BCUT2D eigenvalue weighted by atomic mass is 32.2. The highest BCUT2D eigenvalue weighted by Crippen LogP contribution is 2.30. The number of nitrogens with zero attached hydrogens (tertiary/aromatic N) is 1. The third kappa shape index (κ3) is 4.16. The lowest BCUT2D eigenvalue weighted by Crippen LogP contribution is -2.29. The average molecular weight is 427 g/mol. The maximum atomic E-state index is 13.1. The molecule has 6 heteroatoms. The van der Waals surface area contributed by atoms with Crippen LogP contribution in [0.25, 0.3) is 0 Å². The first-order valence-electron chi connectivity index (χ1n) is 10.9. The van der Waals surface area contributed by atoms with Crippen molar-refractivity contribution in [2.45, 2.75) is 69.7 Å².